The van der Waals surface area contributed by atoms with Crippen LogP contribution < -0.4 is 5.32 Å². The van der Waals surface area contributed by atoms with Gasteiger partial charge in [0.1, 0.15) is 5.84 Å². The summed E-state index contributed by atoms with van der Waals surface area (Å²) in [5.74, 6) is 1.32. The van der Waals surface area contributed by atoms with Crippen molar-refractivity contribution in [2.75, 3.05) is 13.1 Å². The molecule has 6 heteroatoms. The second-order valence-corrected chi connectivity index (χ2v) is 5.69. The van der Waals surface area contributed by atoms with Gasteiger partial charge in [-0.1, -0.05) is 18.2 Å². The number of fused-ring (bicyclic) bond motifs is 3. The van der Waals surface area contributed by atoms with Crippen molar-refractivity contribution >= 4 is 34.7 Å². The highest BCUT2D eigenvalue weighted by Gasteiger charge is 2.30. The van der Waals surface area contributed by atoms with Crippen molar-refractivity contribution in [1.82, 2.24) is 10.2 Å². The highest BCUT2D eigenvalue weighted by Crippen LogP contribution is 2.27. The first-order chi connectivity index (χ1) is 10.3. The zero-order valence-corrected chi connectivity index (χ0v) is 11.9. The van der Waals surface area contributed by atoms with Crippen molar-refractivity contribution in [2.45, 2.75) is 0 Å². The maximum absolute atomic E-state index is 12.2. The molecule has 21 heavy (non-hydrogen) atoms. The number of hydrogen-bond donors (Lipinski definition) is 1. The molecule has 0 spiro atoms. The predicted octanol–water partition coefficient (Wildman–Crippen LogP) is 2.24. The van der Waals surface area contributed by atoms with E-state index in [1.807, 2.05) is 40.6 Å². The molecule has 1 amide bonds. The van der Waals surface area contributed by atoms with Gasteiger partial charge in [0.15, 0.2) is 0 Å². The summed E-state index contributed by atoms with van der Waals surface area (Å²) in [7, 11) is 0. The number of rotatable bonds is 1. The van der Waals surface area contributed by atoms with Crippen LogP contribution >= 0.6 is 11.3 Å². The lowest BCUT2D eigenvalue weighted by molar-refractivity contribution is 0.0978. The molecule has 0 saturated carbocycles. The number of aliphatic imine (C=N–C) groups is 2. The van der Waals surface area contributed by atoms with Gasteiger partial charge in [0.25, 0.3) is 5.91 Å². The zero-order valence-electron chi connectivity index (χ0n) is 11.1. The van der Waals surface area contributed by atoms with Gasteiger partial charge < -0.3 is 0 Å². The third-order valence-electron chi connectivity index (χ3n) is 3.44. The summed E-state index contributed by atoms with van der Waals surface area (Å²) in [6.45, 7) is 1.46. The number of amidine groups is 1. The number of thiophene rings is 1. The maximum Gasteiger partial charge on any atom is 0.268 e. The lowest BCUT2D eigenvalue weighted by Gasteiger charge is -2.27. The number of hydrogen-bond acceptors (Lipinski definition) is 5. The number of nitrogens with zero attached hydrogens (tertiary/aromatic N) is 3. The molecule has 104 valence electrons. The van der Waals surface area contributed by atoms with E-state index in [1.165, 1.54) is 11.3 Å². The van der Waals surface area contributed by atoms with E-state index in [2.05, 4.69) is 15.3 Å². The molecule has 2 aliphatic heterocycles. The van der Waals surface area contributed by atoms with Gasteiger partial charge in [-0.15, -0.1) is 11.3 Å². The van der Waals surface area contributed by atoms with Crippen molar-refractivity contribution in [2.24, 2.45) is 9.98 Å². The topological polar surface area (TPSA) is 57.1 Å². The number of carbonyl (C=O) groups is 1. The summed E-state index contributed by atoms with van der Waals surface area (Å²) in [4.78, 5) is 24.0. The van der Waals surface area contributed by atoms with E-state index in [-0.39, 0.29) is 5.91 Å². The molecule has 1 N–H and O–H groups in total. The van der Waals surface area contributed by atoms with Crippen LogP contribution in [0.1, 0.15) is 15.2 Å². The van der Waals surface area contributed by atoms with Gasteiger partial charge in [-0.3, -0.25) is 20.0 Å². The Kier molecular flexibility index (Phi) is 2.82. The van der Waals surface area contributed by atoms with E-state index in [0.29, 0.717) is 10.8 Å². The van der Waals surface area contributed by atoms with Gasteiger partial charge in [-0.2, -0.15) is 0 Å². The second-order valence-electron chi connectivity index (χ2n) is 4.74. The Morgan fingerprint density at radius 3 is 3.00 bits per heavy atom. The average Bonchev–Trinajstić information content (AvgIpc) is 3.19. The van der Waals surface area contributed by atoms with Crippen LogP contribution in [0.5, 0.6) is 0 Å². The smallest absolute Gasteiger partial charge is 0.268 e. The van der Waals surface area contributed by atoms with Gasteiger partial charge in [-0.05, 0) is 23.6 Å². The molecule has 2 aliphatic rings. The van der Waals surface area contributed by atoms with Crippen LogP contribution in [0.15, 0.2) is 51.8 Å². The number of guanidine groups is 1. The van der Waals surface area contributed by atoms with Gasteiger partial charge in [0.05, 0.1) is 17.1 Å². The first-order valence-electron chi connectivity index (χ1n) is 6.68. The van der Waals surface area contributed by atoms with Crippen LogP contribution in [-0.4, -0.2) is 35.7 Å². The summed E-state index contributed by atoms with van der Waals surface area (Å²) < 4.78 is 0. The van der Waals surface area contributed by atoms with E-state index in [1.54, 1.807) is 6.07 Å². The molecule has 5 nitrogen and oxygen atoms in total. The highest BCUT2D eigenvalue weighted by molar-refractivity contribution is 7.12. The second kappa shape index (κ2) is 4.82. The van der Waals surface area contributed by atoms with Crippen molar-refractivity contribution in [3.8, 4) is 0 Å². The Morgan fingerprint density at radius 2 is 2.14 bits per heavy atom. The summed E-state index contributed by atoms with van der Waals surface area (Å²) in [5.41, 5.74) is 1.86. The minimum atomic E-state index is -0.130. The molecule has 2 aromatic rings. The Morgan fingerprint density at radius 1 is 1.24 bits per heavy atom. The first-order valence-corrected chi connectivity index (χ1v) is 7.56. The quantitative estimate of drug-likeness (QED) is 0.877. The predicted molar refractivity (Wildman–Crippen MR) is 83.4 cm³/mol. The Bertz CT molecular complexity index is 764. The van der Waals surface area contributed by atoms with Crippen LogP contribution in [0.4, 0.5) is 5.69 Å². The number of benzene rings is 1. The molecule has 1 aromatic heterocycles. The molecule has 0 radical (unpaired) electrons. The van der Waals surface area contributed by atoms with Gasteiger partial charge in [0, 0.05) is 12.1 Å². The van der Waals surface area contributed by atoms with Gasteiger partial charge >= 0.3 is 0 Å². The molecule has 0 atom stereocenters. The fraction of sp³-hybridized carbons (Fsp3) is 0.133. The van der Waals surface area contributed by atoms with Crippen molar-refractivity contribution in [1.29, 1.82) is 0 Å². The molecule has 0 fully saturated rings. The fourth-order valence-corrected chi connectivity index (χ4v) is 3.10. The summed E-state index contributed by atoms with van der Waals surface area (Å²) in [6, 6.07) is 11.5. The van der Waals surface area contributed by atoms with Crippen LogP contribution in [-0.2, 0) is 0 Å². The van der Waals surface area contributed by atoms with Crippen molar-refractivity contribution < 1.29 is 4.79 Å². The van der Waals surface area contributed by atoms with Crippen LogP contribution in [0.2, 0.25) is 0 Å². The number of carbonyl (C=O) groups excluding carboxylic acids is 1. The molecule has 0 aliphatic carbocycles. The molecular formula is C15H12N4OS. The number of nitrogens with one attached hydrogen (secondary N) is 1. The average molecular weight is 296 g/mol. The van der Waals surface area contributed by atoms with Crippen LogP contribution in [0, 0.1) is 0 Å². The van der Waals surface area contributed by atoms with Gasteiger partial charge in [-0.25, -0.2) is 4.99 Å². The number of para-hydroxylation sites is 1. The van der Waals surface area contributed by atoms with E-state index in [0.717, 1.165) is 30.2 Å². The Balaban J connectivity index is 1.71. The Hall–Kier alpha value is -2.47. The summed E-state index contributed by atoms with van der Waals surface area (Å²) in [6.07, 6.45) is 0. The minimum absolute atomic E-state index is 0.130. The summed E-state index contributed by atoms with van der Waals surface area (Å²) >= 11 is 1.41. The highest BCUT2D eigenvalue weighted by atomic mass is 32.1. The maximum atomic E-state index is 12.2. The van der Waals surface area contributed by atoms with Crippen molar-refractivity contribution in [3.63, 3.8) is 0 Å². The monoisotopic (exact) mass is 296 g/mol. The first kappa shape index (κ1) is 12.3. The van der Waals surface area contributed by atoms with E-state index in [9.17, 15) is 4.79 Å². The van der Waals surface area contributed by atoms with Gasteiger partial charge in [0.2, 0.25) is 5.96 Å². The standard InChI is InChI=1S/C15H12N4OS/c20-14(12-6-3-9-21-12)18-15-17-11-5-2-1-4-10(11)13-16-7-8-19(13)15/h1-6,9H,7-8H2,(H,17,18,20). The van der Waals surface area contributed by atoms with E-state index in [4.69, 9.17) is 0 Å². The van der Waals surface area contributed by atoms with Crippen LogP contribution in [0.3, 0.4) is 0 Å². The molecule has 0 bridgehead atoms. The molecule has 0 saturated heterocycles. The normalized spacial score (nSPS) is 15.9. The Labute approximate surface area is 125 Å². The fourth-order valence-electron chi connectivity index (χ4n) is 2.48. The van der Waals surface area contributed by atoms with Crippen molar-refractivity contribution in [3.05, 3.63) is 52.2 Å². The van der Waals surface area contributed by atoms with Crippen LogP contribution in [0.25, 0.3) is 0 Å². The SMILES string of the molecule is O=C(NC1=Nc2ccccc2C2=NCCN12)c1cccs1. The molecule has 0 unspecified atom stereocenters. The lowest BCUT2D eigenvalue weighted by Crippen LogP contribution is -2.47. The third kappa shape index (κ3) is 2.04. The zero-order chi connectivity index (χ0) is 14.2. The largest absolute Gasteiger partial charge is 0.294 e. The third-order valence-corrected chi connectivity index (χ3v) is 4.31. The number of amides is 1. The lowest BCUT2D eigenvalue weighted by atomic mass is 10.1. The summed E-state index contributed by atoms with van der Waals surface area (Å²) in [5, 5.41) is 4.78. The van der Waals surface area contributed by atoms with E-state index >= 15 is 0 Å². The van der Waals surface area contributed by atoms with E-state index < -0.39 is 0 Å². The molecular weight excluding hydrogens is 284 g/mol. The molecule has 4 rings (SSSR count). The minimum Gasteiger partial charge on any atom is -0.294 e. The molecule has 1 aromatic carbocycles. The molecule has 3 heterocycles.